The number of hydrogen-bond donors (Lipinski definition) is 2. The number of methoxy groups -OCH3 is 1. The van der Waals surface area contributed by atoms with E-state index < -0.39 is 0 Å². The van der Waals surface area contributed by atoms with Crippen LogP contribution >= 0.6 is 0 Å². The fourth-order valence-corrected chi connectivity index (χ4v) is 3.73. The summed E-state index contributed by atoms with van der Waals surface area (Å²) in [6.45, 7) is 7.68. The number of aryl methyl sites for hydroxylation is 1. The fourth-order valence-electron chi connectivity index (χ4n) is 3.73. The Balaban J connectivity index is 1.94. The van der Waals surface area contributed by atoms with Gasteiger partial charge in [0, 0.05) is 26.3 Å². The van der Waals surface area contributed by atoms with E-state index in [1.165, 1.54) is 0 Å². The van der Waals surface area contributed by atoms with E-state index >= 15 is 0 Å². The lowest BCUT2D eigenvalue weighted by Gasteiger charge is -2.14. The number of carbonyl (C=O) groups is 1. The number of benzene rings is 1. The molecule has 0 aliphatic carbocycles. The standard InChI is InChI=1S/C23H33N5O2/c1-15(2)9-7-10-16(3)25-23(29)19-20-22(28(21(19)24)13-8-14-30-4)27-18-12-6-5-11-17(18)26-20/h5-6,11-12,15-16H,7-10,13-14,24H2,1-4H3,(H,25,29)/t16-/m1/s1. The Morgan fingerprint density at radius 2 is 1.83 bits per heavy atom. The molecular weight excluding hydrogens is 378 g/mol. The van der Waals surface area contributed by atoms with Crippen molar-refractivity contribution in [3.05, 3.63) is 29.8 Å². The summed E-state index contributed by atoms with van der Waals surface area (Å²) < 4.78 is 7.06. The molecule has 3 rings (SSSR count). The van der Waals surface area contributed by atoms with E-state index in [-0.39, 0.29) is 11.9 Å². The van der Waals surface area contributed by atoms with E-state index in [9.17, 15) is 4.79 Å². The maximum atomic E-state index is 13.2. The number of fused-ring (bicyclic) bond motifs is 2. The van der Waals surface area contributed by atoms with Gasteiger partial charge in [0.15, 0.2) is 5.65 Å². The number of anilines is 1. The number of nitrogens with zero attached hydrogens (tertiary/aromatic N) is 3. The first-order valence-electron chi connectivity index (χ1n) is 10.8. The maximum absolute atomic E-state index is 13.2. The Labute approximate surface area is 178 Å². The molecule has 3 N–H and O–H groups in total. The minimum Gasteiger partial charge on any atom is -0.385 e. The van der Waals surface area contributed by atoms with Gasteiger partial charge in [0.25, 0.3) is 5.91 Å². The summed E-state index contributed by atoms with van der Waals surface area (Å²) in [4.78, 5) is 22.7. The van der Waals surface area contributed by atoms with Crippen molar-refractivity contribution in [1.82, 2.24) is 19.9 Å². The maximum Gasteiger partial charge on any atom is 0.257 e. The van der Waals surface area contributed by atoms with Crippen LogP contribution in [-0.4, -0.2) is 40.2 Å². The van der Waals surface area contributed by atoms with Gasteiger partial charge in [0.1, 0.15) is 16.9 Å². The molecule has 1 amide bonds. The lowest BCUT2D eigenvalue weighted by molar-refractivity contribution is 0.0940. The van der Waals surface area contributed by atoms with Gasteiger partial charge in [0.2, 0.25) is 0 Å². The van der Waals surface area contributed by atoms with Gasteiger partial charge in [-0.15, -0.1) is 0 Å². The van der Waals surface area contributed by atoms with E-state index in [4.69, 9.17) is 20.4 Å². The van der Waals surface area contributed by atoms with Crippen molar-refractivity contribution in [2.45, 2.75) is 59.0 Å². The molecule has 0 saturated carbocycles. The van der Waals surface area contributed by atoms with E-state index in [2.05, 4.69) is 19.2 Å². The number of amides is 1. The second kappa shape index (κ2) is 9.89. The van der Waals surface area contributed by atoms with Crippen LogP contribution < -0.4 is 11.1 Å². The molecule has 7 nitrogen and oxygen atoms in total. The monoisotopic (exact) mass is 411 g/mol. The van der Waals surface area contributed by atoms with Crippen molar-refractivity contribution in [3.63, 3.8) is 0 Å². The molecule has 7 heteroatoms. The minimum absolute atomic E-state index is 0.0657. The van der Waals surface area contributed by atoms with Crippen molar-refractivity contribution in [2.75, 3.05) is 19.5 Å². The molecule has 1 atom stereocenters. The van der Waals surface area contributed by atoms with E-state index in [0.29, 0.717) is 41.6 Å². The highest BCUT2D eigenvalue weighted by Crippen LogP contribution is 2.28. The normalized spacial score (nSPS) is 12.7. The van der Waals surface area contributed by atoms with E-state index in [1.807, 2.05) is 35.8 Å². The number of ether oxygens (including phenoxy) is 1. The molecule has 1 aromatic carbocycles. The third-order valence-electron chi connectivity index (χ3n) is 5.34. The van der Waals surface area contributed by atoms with Gasteiger partial charge in [-0.25, -0.2) is 9.97 Å². The van der Waals surface area contributed by atoms with Gasteiger partial charge in [0.05, 0.1) is 11.0 Å². The minimum atomic E-state index is -0.190. The van der Waals surface area contributed by atoms with Crippen LogP contribution in [0.1, 0.15) is 56.8 Å². The van der Waals surface area contributed by atoms with Crippen LogP contribution in [-0.2, 0) is 11.3 Å². The highest BCUT2D eigenvalue weighted by molar-refractivity contribution is 6.10. The highest BCUT2D eigenvalue weighted by atomic mass is 16.5. The highest BCUT2D eigenvalue weighted by Gasteiger charge is 2.24. The van der Waals surface area contributed by atoms with Gasteiger partial charge in [-0.2, -0.15) is 0 Å². The fraction of sp³-hybridized carbons (Fsp3) is 0.522. The molecule has 0 fully saturated rings. The molecule has 0 spiro atoms. The van der Waals surface area contributed by atoms with Crippen LogP contribution in [0.4, 0.5) is 5.82 Å². The lowest BCUT2D eigenvalue weighted by atomic mass is 10.0. The predicted molar refractivity (Wildman–Crippen MR) is 122 cm³/mol. The van der Waals surface area contributed by atoms with Crippen molar-refractivity contribution in [1.29, 1.82) is 0 Å². The molecule has 0 aliphatic rings. The average molecular weight is 412 g/mol. The molecule has 162 valence electrons. The molecule has 0 saturated heterocycles. The smallest absolute Gasteiger partial charge is 0.257 e. The summed E-state index contributed by atoms with van der Waals surface area (Å²) in [5.74, 6) is 0.880. The Morgan fingerprint density at radius 3 is 2.50 bits per heavy atom. The third-order valence-corrected chi connectivity index (χ3v) is 5.34. The third kappa shape index (κ3) is 4.90. The number of carbonyl (C=O) groups excluding carboxylic acids is 1. The van der Waals surface area contributed by atoms with Crippen molar-refractivity contribution in [3.8, 4) is 0 Å². The zero-order valence-electron chi connectivity index (χ0n) is 18.4. The SMILES string of the molecule is COCCCn1c(N)c(C(=O)N[C@H](C)CCCC(C)C)c2nc3ccccc3nc21. The number of nitrogens with two attached hydrogens (primary N) is 1. The van der Waals surface area contributed by atoms with Gasteiger partial charge >= 0.3 is 0 Å². The zero-order chi connectivity index (χ0) is 21.7. The second-order valence-electron chi connectivity index (χ2n) is 8.34. The van der Waals surface area contributed by atoms with E-state index in [0.717, 1.165) is 36.7 Å². The number of aromatic nitrogens is 3. The first-order chi connectivity index (χ1) is 14.4. The Hall–Kier alpha value is -2.67. The summed E-state index contributed by atoms with van der Waals surface area (Å²) in [7, 11) is 1.67. The van der Waals surface area contributed by atoms with Crippen LogP contribution in [0.2, 0.25) is 0 Å². The van der Waals surface area contributed by atoms with Crippen LogP contribution in [0, 0.1) is 5.92 Å². The molecule has 2 heterocycles. The predicted octanol–water partition coefficient (Wildman–Crippen LogP) is 4.15. The topological polar surface area (TPSA) is 95.1 Å². The first-order valence-corrected chi connectivity index (χ1v) is 10.8. The number of nitrogens with one attached hydrogen (secondary N) is 1. The number of para-hydroxylation sites is 2. The van der Waals surface area contributed by atoms with Gasteiger partial charge in [-0.1, -0.05) is 38.8 Å². The summed E-state index contributed by atoms with van der Waals surface area (Å²) in [6, 6.07) is 7.73. The Kier molecular flexibility index (Phi) is 7.26. The molecule has 0 radical (unpaired) electrons. The largest absolute Gasteiger partial charge is 0.385 e. The molecule has 0 unspecified atom stereocenters. The van der Waals surface area contributed by atoms with Crippen molar-refractivity contribution >= 4 is 33.9 Å². The van der Waals surface area contributed by atoms with Gasteiger partial charge in [-0.05, 0) is 37.8 Å². The summed E-state index contributed by atoms with van der Waals surface area (Å²) >= 11 is 0. The van der Waals surface area contributed by atoms with Crippen LogP contribution in [0.3, 0.4) is 0 Å². The molecule has 30 heavy (non-hydrogen) atoms. The molecule has 0 aliphatic heterocycles. The number of nitrogen functional groups attached to an aromatic ring is 1. The number of rotatable bonds is 10. The average Bonchev–Trinajstić information content (AvgIpc) is 2.97. The molecular formula is C23H33N5O2. The summed E-state index contributed by atoms with van der Waals surface area (Å²) in [5.41, 5.74) is 9.59. The zero-order valence-corrected chi connectivity index (χ0v) is 18.4. The van der Waals surface area contributed by atoms with Crippen LogP contribution in [0.25, 0.3) is 22.2 Å². The second-order valence-corrected chi connectivity index (χ2v) is 8.34. The Morgan fingerprint density at radius 1 is 1.13 bits per heavy atom. The van der Waals surface area contributed by atoms with Gasteiger partial charge in [-0.3, -0.25) is 4.79 Å². The quantitative estimate of drug-likeness (QED) is 0.489. The lowest BCUT2D eigenvalue weighted by Crippen LogP contribution is -2.33. The summed E-state index contributed by atoms with van der Waals surface area (Å²) in [5, 5.41) is 3.11. The Bertz CT molecular complexity index is 1010. The molecule has 0 bridgehead atoms. The molecule has 3 aromatic rings. The first kappa shape index (κ1) is 22.0. The van der Waals surface area contributed by atoms with Gasteiger partial charge < -0.3 is 20.4 Å². The van der Waals surface area contributed by atoms with Crippen molar-refractivity contribution < 1.29 is 9.53 Å². The van der Waals surface area contributed by atoms with E-state index in [1.54, 1.807) is 7.11 Å². The molecule has 2 aromatic heterocycles. The van der Waals surface area contributed by atoms with Crippen LogP contribution in [0.15, 0.2) is 24.3 Å². The van der Waals surface area contributed by atoms with Crippen LogP contribution in [0.5, 0.6) is 0 Å². The summed E-state index contributed by atoms with van der Waals surface area (Å²) in [6.07, 6.45) is 3.94. The van der Waals surface area contributed by atoms with Crippen molar-refractivity contribution in [2.24, 2.45) is 5.92 Å². The number of hydrogen-bond acceptors (Lipinski definition) is 5.